The summed E-state index contributed by atoms with van der Waals surface area (Å²) in [6.07, 6.45) is 0. The third kappa shape index (κ3) is 2.29. The van der Waals surface area contributed by atoms with Crippen LogP contribution in [0.3, 0.4) is 0 Å². The monoisotopic (exact) mass is 284 g/mol. The highest BCUT2D eigenvalue weighted by Gasteiger charge is 2.19. The van der Waals surface area contributed by atoms with Crippen LogP contribution in [0, 0.1) is 5.82 Å². The fourth-order valence-electron chi connectivity index (χ4n) is 2.45. The van der Waals surface area contributed by atoms with Gasteiger partial charge in [-0.2, -0.15) is 0 Å². The normalized spacial score (nSPS) is 12.2. The van der Waals surface area contributed by atoms with Crippen molar-refractivity contribution in [2.75, 3.05) is 0 Å². The van der Waals surface area contributed by atoms with E-state index in [2.05, 4.69) is 20.8 Å². The van der Waals surface area contributed by atoms with Crippen molar-refractivity contribution in [3.05, 3.63) is 54.3 Å². The van der Waals surface area contributed by atoms with Crippen molar-refractivity contribution in [1.82, 2.24) is 0 Å². The average Bonchev–Trinajstić information content (AvgIpc) is 2.42. The standard InChI is InChI=1S/C18H17FS/c1-18(2,3)20-17-14-10-6-4-8-12(14)16(19)13-9-5-7-11-15(13)17/h4-11H,1-3H3. The molecule has 0 atom stereocenters. The summed E-state index contributed by atoms with van der Waals surface area (Å²) in [6.45, 7) is 6.56. The lowest BCUT2D eigenvalue weighted by Crippen LogP contribution is -2.07. The molecule has 0 bridgehead atoms. The second-order valence-electron chi connectivity index (χ2n) is 5.95. The van der Waals surface area contributed by atoms with E-state index in [9.17, 15) is 4.39 Å². The average molecular weight is 284 g/mol. The van der Waals surface area contributed by atoms with Crippen LogP contribution in [-0.2, 0) is 0 Å². The van der Waals surface area contributed by atoms with E-state index in [1.54, 1.807) is 11.8 Å². The first-order chi connectivity index (χ1) is 9.47. The molecule has 102 valence electrons. The molecule has 0 aliphatic carbocycles. The Bertz CT molecular complexity index is 727. The van der Waals surface area contributed by atoms with Gasteiger partial charge in [-0.3, -0.25) is 0 Å². The van der Waals surface area contributed by atoms with Crippen molar-refractivity contribution in [3.8, 4) is 0 Å². The van der Waals surface area contributed by atoms with E-state index in [-0.39, 0.29) is 10.6 Å². The van der Waals surface area contributed by atoms with Gasteiger partial charge in [0.2, 0.25) is 0 Å². The Morgan fingerprint density at radius 2 is 1.15 bits per heavy atom. The molecule has 0 aliphatic heterocycles. The van der Waals surface area contributed by atoms with Crippen molar-refractivity contribution < 1.29 is 4.39 Å². The molecule has 0 saturated heterocycles. The molecule has 3 aromatic rings. The van der Waals surface area contributed by atoms with Crippen LogP contribution in [0.4, 0.5) is 4.39 Å². The summed E-state index contributed by atoms with van der Waals surface area (Å²) in [5, 5.41) is 3.42. The predicted molar refractivity (Wildman–Crippen MR) is 87.0 cm³/mol. The molecule has 0 aliphatic rings. The quantitative estimate of drug-likeness (QED) is 0.389. The minimum Gasteiger partial charge on any atom is -0.206 e. The highest BCUT2D eigenvalue weighted by atomic mass is 32.2. The van der Waals surface area contributed by atoms with Crippen LogP contribution in [0.2, 0.25) is 0 Å². The molecular weight excluding hydrogens is 267 g/mol. The van der Waals surface area contributed by atoms with E-state index in [0.29, 0.717) is 10.8 Å². The van der Waals surface area contributed by atoms with E-state index in [1.807, 2.05) is 48.5 Å². The minimum atomic E-state index is -0.116. The third-order valence-electron chi connectivity index (χ3n) is 3.22. The maximum absolute atomic E-state index is 14.7. The molecule has 0 unspecified atom stereocenters. The fraction of sp³-hybridized carbons (Fsp3) is 0.222. The molecule has 0 nitrogen and oxygen atoms in total. The highest BCUT2D eigenvalue weighted by molar-refractivity contribution is 8.01. The third-order valence-corrected chi connectivity index (χ3v) is 4.48. The smallest absolute Gasteiger partial charge is 0.138 e. The molecule has 0 radical (unpaired) electrons. The second-order valence-corrected chi connectivity index (χ2v) is 7.79. The van der Waals surface area contributed by atoms with Crippen LogP contribution in [-0.4, -0.2) is 4.75 Å². The van der Waals surface area contributed by atoms with Crippen molar-refractivity contribution in [1.29, 1.82) is 0 Å². The number of hydrogen-bond donors (Lipinski definition) is 0. The first-order valence-electron chi connectivity index (χ1n) is 6.75. The van der Waals surface area contributed by atoms with Gasteiger partial charge in [0.05, 0.1) is 0 Å². The van der Waals surface area contributed by atoms with E-state index in [0.717, 1.165) is 10.8 Å². The number of rotatable bonds is 1. The van der Waals surface area contributed by atoms with Crippen molar-refractivity contribution in [3.63, 3.8) is 0 Å². The van der Waals surface area contributed by atoms with E-state index in [1.165, 1.54) is 4.90 Å². The maximum Gasteiger partial charge on any atom is 0.138 e. The maximum atomic E-state index is 14.7. The number of halogens is 1. The Balaban J connectivity index is 2.46. The molecule has 20 heavy (non-hydrogen) atoms. The number of hydrogen-bond acceptors (Lipinski definition) is 1. The summed E-state index contributed by atoms with van der Waals surface area (Å²) >= 11 is 1.80. The molecule has 3 aromatic carbocycles. The first kappa shape index (κ1) is 13.4. The van der Waals surface area contributed by atoms with Crippen molar-refractivity contribution in [2.45, 2.75) is 30.4 Å². The first-order valence-corrected chi connectivity index (χ1v) is 7.57. The Labute approximate surface area is 123 Å². The topological polar surface area (TPSA) is 0 Å². The van der Waals surface area contributed by atoms with Gasteiger partial charge in [0.1, 0.15) is 5.82 Å². The largest absolute Gasteiger partial charge is 0.206 e. The molecule has 0 N–H and O–H groups in total. The summed E-state index contributed by atoms with van der Waals surface area (Å²) in [7, 11) is 0. The lowest BCUT2D eigenvalue weighted by Gasteiger charge is -2.21. The van der Waals surface area contributed by atoms with E-state index >= 15 is 0 Å². The summed E-state index contributed by atoms with van der Waals surface area (Å²) in [5.41, 5.74) is 0. The number of benzene rings is 3. The van der Waals surface area contributed by atoms with Gasteiger partial charge >= 0.3 is 0 Å². The Hall–Kier alpha value is -1.54. The highest BCUT2D eigenvalue weighted by Crippen LogP contribution is 2.42. The molecule has 0 saturated carbocycles. The van der Waals surface area contributed by atoms with Gasteiger partial charge in [0, 0.05) is 20.4 Å². The molecule has 0 aromatic heterocycles. The molecule has 3 rings (SSSR count). The van der Waals surface area contributed by atoms with Gasteiger partial charge in [-0.25, -0.2) is 4.39 Å². The zero-order valence-electron chi connectivity index (χ0n) is 11.9. The summed E-state index contributed by atoms with van der Waals surface area (Å²) in [6, 6.07) is 15.5. The molecule has 2 heteroatoms. The summed E-state index contributed by atoms with van der Waals surface area (Å²) in [4.78, 5) is 1.17. The lowest BCUT2D eigenvalue weighted by atomic mass is 10.0. The molecular formula is C18H17FS. The summed E-state index contributed by atoms with van der Waals surface area (Å²) in [5.74, 6) is -0.116. The van der Waals surface area contributed by atoms with Crippen LogP contribution < -0.4 is 0 Å². The zero-order valence-corrected chi connectivity index (χ0v) is 12.7. The van der Waals surface area contributed by atoms with Crippen LogP contribution in [0.1, 0.15) is 20.8 Å². The lowest BCUT2D eigenvalue weighted by molar-refractivity contribution is 0.651. The molecule has 0 amide bonds. The van der Waals surface area contributed by atoms with E-state index in [4.69, 9.17) is 0 Å². The van der Waals surface area contributed by atoms with Gasteiger partial charge < -0.3 is 0 Å². The van der Waals surface area contributed by atoms with Crippen LogP contribution in [0.5, 0.6) is 0 Å². The molecule has 0 heterocycles. The van der Waals surface area contributed by atoms with Gasteiger partial charge in [-0.1, -0.05) is 69.3 Å². The molecule has 0 fully saturated rings. The fourth-order valence-corrected chi connectivity index (χ4v) is 3.64. The van der Waals surface area contributed by atoms with Gasteiger partial charge in [0.15, 0.2) is 0 Å². The Morgan fingerprint density at radius 3 is 1.55 bits per heavy atom. The van der Waals surface area contributed by atoms with Crippen LogP contribution in [0.15, 0.2) is 53.4 Å². The number of thioether (sulfide) groups is 1. The van der Waals surface area contributed by atoms with Crippen LogP contribution in [0.25, 0.3) is 21.5 Å². The van der Waals surface area contributed by atoms with Gasteiger partial charge in [-0.15, -0.1) is 11.8 Å². The predicted octanol–water partition coefficient (Wildman–Crippen LogP) is 6.02. The number of fused-ring (bicyclic) bond motifs is 2. The Kier molecular flexibility index (Phi) is 3.21. The van der Waals surface area contributed by atoms with Gasteiger partial charge in [-0.05, 0) is 10.8 Å². The van der Waals surface area contributed by atoms with Crippen molar-refractivity contribution >= 4 is 33.3 Å². The zero-order chi connectivity index (χ0) is 14.3. The van der Waals surface area contributed by atoms with Crippen LogP contribution >= 0.6 is 11.8 Å². The SMILES string of the molecule is CC(C)(C)Sc1c2ccccc2c(F)c2ccccc12. The Morgan fingerprint density at radius 1 is 0.750 bits per heavy atom. The van der Waals surface area contributed by atoms with E-state index < -0.39 is 0 Å². The molecule has 0 spiro atoms. The second kappa shape index (κ2) is 4.78. The van der Waals surface area contributed by atoms with Gasteiger partial charge in [0.25, 0.3) is 0 Å². The van der Waals surface area contributed by atoms with Crippen molar-refractivity contribution in [2.24, 2.45) is 0 Å². The minimum absolute atomic E-state index is 0.0867. The summed E-state index contributed by atoms with van der Waals surface area (Å²) < 4.78 is 14.8.